The minimum atomic E-state index is -0.0614. The van der Waals surface area contributed by atoms with E-state index in [2.05, 4.69) is 37.0 Å². The summed E-state index contributed by atoms with van der Waals surface area (Å²) >= 11 is 0. The van der Waals surface area contributed by atoms with Crippen LogP contribution in [0.4, 0.5) is 0 Å². The summed E-state index contributed by atoms with van der Waals surface area (Å²) in [4.78, 5) is 23.9. The lowest BCUT2D eigenvalue weighted by Gasteiger charge is -2.24. The third kappa shape index (κ3) is 3.54. The Morgan fingerprint density at radius 3 is 2.72 bits per heavy atom. The molecule has 1 saturated heterocycles. The summed E-state index contributed by atoms with van der Waals surface area (Å²) in [6.07, 6.45) is 1.86. The van der Waals surface area contributed by atoms with Crippen LogP contribution in [-0.2, 0) is 0 Å². The summed E-state index contributed by atoms with van der Waals surface area (Å²) in [5, 5.41) is 0. The number of aromatic nitrogens is 2. The van der Waals surface area contributed by atoms with Crippen LogP contribution in [0.2, 0.25) is 0 Å². The van der Waals surface area contributed by atoms with Crippen molar-refractivity contribution in [1.82, 2.24) is 14.9 Å². The summed E-state index contributed by atoms with van der Waals surface area (Å²) in [5.41, 5.74) is 7.06. The SMILES string of the molecule is COc1ccc2nc(C3CCCN3C(=O)c3ccccc3-c3ccc(C)c(C)c3)[nH]c2c1. The quantitative estimate of drug-likeness (QED) is 0.447. The number of aryl methyl sites for hydroxylation is 2. The monoisotopic (exact) mass is 425 g/mol. The molecule has 3 aromatic carbocycles. The van der Waals surface area contributed by atoms with E-state index in [0.717, 1.165) is 58.7 Å². The Labute approximate surface area is 188 Å². The molecule has 0 bridgehead atoms. The van der Waals surface area contributed by atoms with Crippen molar-refractivity contribution in [3.63, 3.8) is 0 Å². The van der Waals surface area contributed by atoms with Crippen LogP contribution in [0.15, 0.2) is 60.7 Å². The fourth-order valence-electron chi connectivity index (χ4n) is 4.57. The number of nitrogens with zero attached hydrogens (tertiary/aromatic N) is 2. The Bertz CT molecular complexity index is 1310. The van der Waals surface area contributed by atoms with Gasteiger partial charge in [-0.25, -0.2) is 4.98 Å². The molecule has 0 aliphatic carbocycles. The van der Waals surface area contributed by atoms with Crippen molar-refractivity contribution < 1.29 is 9.53 Å². The summed E-state index contributed by atoms with van der Waals surface area (Å²) < 4.78 is 5.33. The van der Waals surface area contributed by atoms with Crippen LogP contribution >= 0.6 is 0 Å². The van der Waals surface area contributed by atoms with Gasteiger partial charge in [0.2, 0.25) is 0 Å². The van der Waals surface area contributed by atoms with Gasteiger partial charge in [-0.3, -0.25) is 4.79 Å². The molecule has 0 saturated carbocycles. The number of hydrogen-bond acceptors (Lipinski definition) is 3. The summed E-state index contributed by atoms with van der Waals surface area (Å²) in [6.45, 7) is 4.94. The number of aromatic amines is 1. The maximum atomic E-state index is 13.8. The number of carbonyl (C=O) groups is 1. The van der Waals surface area contributed by atoms with Gasteiger partial charge in [0.1, 0.15) is 11.6 Å². The van der Waals surface area contributed by atoms with Crippen LogP contribution < -0.4 is 4.74 Å². The van der Waals surface area contributed by atoms with E-state index >= 15 is 0 Å². The Balaban J connectivity index is 1.50. The second-order valence-electron chi connectivity index (χ2n) is 8.51. The number of ether oxygens (including phenoxy) is 1. The molecule has 1 unspecified atom stereocenters. The van der Waals surface area contributed by atoms with Gasteiger partial charge in [0, 0.05) is 18.2 Å². The molecule has 1 N–H and O–H groups in total. The first kappa shape index (κ1) is 20.3. The van der Waals surface area contributed by atoms with Crippen LogP contribution in [0.1, 0.15) is 46.2 Å². The van der Waals surface area contributed by atoms with Crippen LogP contribution in [0.3, 0.4) is 0 Å². The van der Waals surface area contributed by atoms with Gasteiger partial charge in [-0.05, 0) is 67.1 Å². The van der Waals surface area contributed by atoms with E-state index in [0.29, 0.717) is 0 Å². The number of nitrogens with one attached hydrogen (secondary N) is 1. The van der Waals surface area contributed by atoms with E-state index in [1.54, 1.807) is 7.11 Å². The first-order valence-corrected chi connectivity index (χ1v) is 11.1. The molecule has 2 heterocycles. The lowest BCUT2D eigenvalue weighted by atomic mass is 9.96. The Kier molecular flexibility index (Phi) is 5.17. The minimum Gasteiger partial charge on any atom is -0.497 e. The lowest BCUT2D eigenvalue weighted by Crippen LogP contribution is -2.31. The molecule has 5 nitrogen and oxygen atoms in total. The van der Waals surface area contributed by atoms with Crippen molar-refractivity contribution in [2.75, 3.05) is 13.7 Å². The maximum Gasteiger partial charge on any atom is 0.255 e. The summed E-state index contributed by atoms with van der Waals surface area (Å²) in [7, 11) is 1.66. The lowest BCUT2D eigenvalue weighted by molar-refractivity contribution is 0.0731. The van der Waals surface area contributed by atoms with Crippen LogP contribution in [-0.4, -0.2) is 34.4 Å². The number of carbonyl (C=O) groups excluding carboxylic acids is 1. The summed E-state index contributed by atoms with van der Waals surface area (Å²) in [5.74, 6) is 1.68. The first-order valence-electron chi connectivity index (χ1n) is 11.1. The fourth-order valence-corrected chi connectivity index (χ4v) is 4.57. The molecule has 1 aromatic heterocycles. The molecule has 1 aliphatic heterocycles. The predicted octanol–water partition coefficient (Wildman–Crippen LogP) is 5.83. The molecule has 0 spiro atoms. The Morgan fingerprint density at radius 1 is 1.06 bits per heavy atom. The molecule has 1 aliphatic rings. The molecule has 1 amide bonds. The second-order valence-corrected chi connectivity index (χ2v) is 8.51. The average Bonchev–Trinajstić information content (AvgIpc) is 3.46. The zero-order valence-electron chi connectivity index (χ0n) is 18.7. The molecule has 4 aromatic rings. The minimum absolute atomic E-state index is 0.0550. The van der Waals surface area contributed by atoms with Gasteiger partial charge >= 0.3 is 0 Å². The molecule has 162 valence electrons. The molecule has 5 rings (SSSR count). The fraction of sp³-hybridized carbons (Fsp3) is 0.259. The van der Waals surface area contributed by atoms with E-state index in [9.17, 15) is 4.79 Å². The number of likely N-dealkylation sites (tertiary alicyclic amines) is 1. The molecular weight excluding hydrogens is 398 g/mol. The van der Waals surface area contributed by atoms with Crippen LogP contribution in [0.5, 0.6) is 5.75 Å². The smallest absolute Gasteiger partial charge is 0.255 e. The Morgan fingerprint density at radius 2 is 1.91 bits per heavy atom. The van der Waals surface area contributed by atoms with Crippen molar-refractivity contribution in [2.24, 2.45) is 0 Å². The van der Waals surface area contributed by atoms with E-state index in [1.165, 1.54) is 11.1 Å². The van der Waals surface area contributed by atoms with Crippen molar-refractivity contribution in [3.05, 3.63) is 83.2 Å². The highest BCUT2D eigenvalue weighted by atomic mass is 16.5. The number of imidazole rings is 1. The Hall–Kier alpha value is -3.60. The molecule has 1 fully saturated rings. The van der Waals surface area contributed by atoms with E-state index in [-0.39, 0.29) is 11.9 Å². The molecule has 32 heavy (non-hydrogen) atoms. The van der Waals surface area contributed by atoms with E-state index in [1.807, 2.05) is 47.4 Å². The van der Waals surface area contributed by atoms with Gasteiger partial charge in [0.15, 0.2) is 0 Å². The summed E-state index contributed by atoms with van der Waals surface area (Å²) in [6, 6.07) is 20.0. The number of methoxy groups -OCH3 is 1. The van der Waals surface area contributed by atoms with Crippen molar-refractivity contribution >= 4 is 16.9 Å². The van der Waals surface area contributed by atoms with Gasteiger partial charge in [0.25, 0.3) is 5.91 Å². The third-order valence-electron chi connectivity index (χ3n) is 6.51. The van der Waals surface area contributed by atoms with Crippen LogP contribution in [0.25, 0.3) is 22.2 Å². The highest BCUT2D eigenvalue weighted by Crippen LogP contribution is 2.35. The number of fused-ring (bicyclic) bond motifs is 1. The van der Waals surface area contributed by atoms with Gasteiger partial charge in [-0.1, -0.05) is 36.4 Å². The number of amides is 1. The highest BCUT2D eigenvalue weighted by Gasteiger charge is 2.33. The number of hydrogen-bond donors (Lipinski definition) is 1. The average molecular weight is 426 g/mol. The van der Waals surface area contributed by atoms with Gasteiger partial charge in [0.05, 0.1) is 24.2 Å². The molecular formula is C27H27N3O2. The maximum absolute atomic E-state index is 13.8. The topological polar surface area (TPSA) is 58.2 Å². The van der Waals surface area contributed by atoms with Gasteiger partial charge in [-0.2, -0.15) is 0 Å². The standard InChI is InChI=1S/C27H27N3O2/c1-17-10-11-19(15-18(17)2)21-7-4-5-8-22(21)27(31)30-14-6-9-25(30)26-28-23-13-12-20(32-3)16-24(23)29-26/h4-5,7-8,10-13,15-16,25H,6,9,14H2,1-3H3,(H,28,29). The number of rotatable bonds is 4. The van der Waals surface area contributed by atoms with Gasteiger partial charge in [-0.15, -0.1) is 0 Å². The van der Waals surface area contributed by atoms with Gasteiger partial charge < -0.3 is 14.6 Å². The zero-order chi connectivity index (χ0) is 22.2. The normalized spacial score (nSPS) is 16.0. The van der Waals surface area contributed by atoms with E-state index < -0.39 is 0 Å². The number of H-pyrrole nitrogens is 1. The predicted molar refractivity (Wildman–Crippen MR) is 127 cm³/mol. The second kappa shape index (κ2) is 8.15. The number of benzene rings is 3. The molecule has 0 radical (unpaired) electrons. The van der Waals surface area contributed by atoms with Crippen molar-refractivity contribution in [1.29, 1.82) is 0 Å². The highest BCUT2D eigenvalue weighted by molar-refractivity contribution is 6.01. The molecule has 5 heteroatoms. The van der Waals surface area contributed by atoms with E-state index in [4.69, 9.17) is 9.72 Å². The third-order valence-corrected chi connectivity index (χ3v) is 6.51. The zero-order valence-corrected chi connectivity index (χ0v) is 18.7. The molecule has 1 atom stereocenters. The van der Waals surface area contributed by atoms with Crippen molar-refractivity contribution in [2.45, 2.75) is 32.7 Å². The largest absolute Gasteiger partial charge is 0.497 e. The van der Waals surface area contributed by atoms with Crippen molar-refractivity contribution in [3.8, 4) is 16.9 Å². The first-order chi connectivity index (χ1) is 15.5. The van der Waals surface area contributed by atoms with Crippen LogP contribution in [0, 0.1) is 13.8 Å².